The Balaban J connectivity index is 1.46. The second-order valence-corrected chi connectivity index (χ2v) is 7.55. The number of carbonyl (C=O) groups is 1. The summed E-state index contributed by atoms with van der Waals surface area (Å²) in [4.78, 5) is 15.4. The van der Waals surface area contributed by atoms with Gasteiger partial charge in [0.2, 0.25) is 0 Å². The number of rotatable bonds is 11. The molecule has 1 aliphatic rings. The zero-order chi connectivity index (χ0) is 21.2. The zero-order valence-electron chi connectivity index (χ0n) is 17.5. The lowest BCUT2D eigenvalue weighted by molar-refractivity contribution is -0.112. The summed E-state index contributed by atoms with van der Waals surface area (Å²) < 4.78 is 11.7. The average molecular weight is 411 g/mol. The maximum Gasteiger partial charge on any atom is 0.152 e. The number of hydrogen-bond donors (Lipinski definition) is 2. The molecule has 6 nitrogen and oxygen atoms in total. The zero-order valence-corrected chi connectivity index (χ0v) is 17.5. The van der Waals surface area contributed by atoms with Gasteiger partial charge in [-0.25, -0.2) is 0 Å². The molecule has 0 saturated carbocycles. The van der Waals surface area contributed by atoms with Crippen molar-refractivity contribution in [3.05, 3.63) is 59.4 Å². The van der Waals surface area contributed by atoms with E-state index >= 15 is 0 Å². The number of ether oxygens (including phenoxy) is 2. The lowest BCUT2D eigenvalue weighted by Gasteiger charge is -2.13. The van der Waals surface area contributed by atoms with Crippen molar-refractivity contribution in [2.45, 2.75) is 45.3 Å². The van der Waals surface area contributed by atoms with E-state index in [0.29, 0.717) is 30.6 Å². The van der Waals surface area contributed by atoms with Gasteiger partial charge in [0.15, 0.2) is 5.78 Å². The highest BCUT2D eigenvalue weighted by atomic mass is 16.5. The minimum Gasteiger partial charge on any atom is -0.493 e. The van der Waals surface area contributed by atoms with E-state index in [1.54, 1.807) is 12.3 Å². The number of aliphatic hydroxyl groups excluding tert-OH is 1. The summed E-state index contributed by atoms with van der Waals surface area (Å²) in [6.45, 7) is 3.67. The van der Waals surface area contributed by atoms with E-state index < -0.39 is 0 Å². The predicted molar refractivity (Wildman–Crippen MR) is 117 cm³/mol. The molecule has 30 heavy (non-hydrogen) atoms. The second kappa shape index (κ2) is 11.5. The molecule has 2 heterocycles. The third-order valence-corrected chi connectivity index (χ3v) is 5.02. The summed E-state index contributed by atoms with van der Waals surface area (Å²) >= 11 is 0. The molecule has 3 rings (SSSR count). The van der Waals surface area contributed by atoms with Crippen molar-refractivity contribution in [1.82, 2.24) is 10.3 Å². The third-order valence-electron chi connectivity index (χ3n) is 5.02. The van der Waals surface area contributed by atoms with Gasteiger partial charge in [-0.05, 0) is 74.6 Å². The minimum atomic E-state index is -0.115. The van der Waals surface area contributed by atoms with Gasteiger partial charge in [-0.2, -0.15) is 0 Å². The summed E-state index contributed by atoms with van der Waals surface area (Å²) in [7, 11) is 0. The Hall–Kier alpha value is -2.70. The molecule has 0 aliphatic carbocycles. The normalized spacial score (nSPS) is 16.1. The Morgan fingerprint density at radius 1 is 1.30 bits per heavy atom. The quantitative estimate of drug-likeness (QED) is 0.437. The number of nitrogens with one attached hydrogen (secondary N) is 1. The largest absolute Gasteiger partial charge is 0.493 e. The summed E-state index contributed by atoms with van der Waals surface area (Å²) in [6, 6.07) is 8.01. The first-order chi connectivity index (χ1) is 14.6. The third kappa shape index (κ3) is 6.97. The Bertz CT molecular complexity index is 860. The van der Waals surface area contributed by atoms with Crippen LogP contribution in [0, 0.1) is 0 Å². The molecule has 2 N–H and O–H groups in total. The molecule has 1 aromatic heterocycles. The maximum atomic E-state index is 11.1. The van der Waals surface area contributed by atoms with E-state index in [2.05, 4.69) is 10.3 Å². The highest BCUT2D eigenvalue weighted by Crippen LogP contribution is 2.22. The van der Waals surface area contributed by atoms with Crippen LogP contribution in [-0.2, 0) is 17.8 Å². The first kappa shape index (κ1) is 22.0. The van der Waals surface area contributed by atoms with Crippen LogP contribution < -0.4 is 14.8 Å². The molecule has 2 aromatic rings. The molecule has 6 heteroatoms. The summed E-state index contributed by atoms with van der Waals surface area (Å²) in [5.41, 5.74) is 2.68. The van der Waals surface area contributed by atoms with Crippen LogP contribution in [0.1, 0.15) is 42.9 Å². The number of pyridine rings is 1. The van der Waals surface area contributed by atoms with Crippen LogP contribution in [0.15, 0.2) is 42.7 Å². The summed E-state index contributed by atoms with van der Waals surface area (Å²) in [6.07, 6.45) is 10.9. The average Bonchev–Trinajstić information content (AvgIpc) is 3.28. The number of aliphatic hydroxyl groups is 1. The molecule has 0 spiro atoms. The fourth-order valence-corrected chi connectivity index (χ4v) is 3.41. The number of ketones is 1. The lowest BCUT2D eigenvalue weighted by Crippen LogP contribution is -2.28. The first-order valence-electron chi connectivity index (χ1n) is 10.5. The van der Waals surface area contributed by atoms with Crippen molar-refractivity contribution in [2.75, 3.05) is 19.8 Å². The molecule has 1 atom stereocenters. The molecule has 1 fully saturated rings. The Labute approximate surface area is 177 Å². The van der Waals surface area contributed by atoms with Gasteiger partial charge in [-0.1, -0.05) is 12.1 Å². The Morgan fingerprint density at radius 2 is 2.20 bits per heavy atom. The molecule has 0 bridgehead atoms. The van der Waals surface area contributed by atoms with Crippen LogP contribution in [0.2, 0.25) is 0 Å². The topological polar surface area (TPSA) is 80.7 Å². The van der Waals surface area contributed by atoms with Crippen LogP contribution in [0.25, 0.3) is 6.08 Å². The van der Waals surface area contributed by atoms with Gasteiger partial charge in [0.05, 0.1) is 19.4 Å². The van der Waals surface area contributed by atoms with E-state index in [-0.39, 0.29) is 12.4 Å². The minimum absolute atomic E-state index is 0.0139. The van der Waals surface area contributed by atoms with Crippen molar-refractivity contribution in [1.29, 1.82) is 0 Å². The fraction of sp³-hybridized carbons (Fsp3) is 0.417. The monoisotopic (exact) mass is 410 g/mol. The van der Waals surface area contributed by atoms with Crippen molar-refractivity contribution < 1.29 is 19.4 Å². The van der Waals surface area contributed by atoms with E-state index in [4.69, 9.17) is 9.47 Å². The van der Waals surface area contributed by atoms with E-state index in [9.17, 15) is 9.90 Å². The van der Waals surface area contributed by atoms with Crippen LogP contribution in [0.5, 0.6) is 11.5 Å². The number of benzene rings is 1. The number of hydrogen-bond acceptors (Lipinski definition) is 6. The number of nitrogens with zero attached hydrogens (tertiary/aromatic N) is 1. The van der Waals surface area contributed by atoms with Gasteiger partial charge in [-0.3, -0.25) is 9.78 Å². The van der Waals surface area contributed by atoms with Gasteiger partial charge in [0.1, 0.15) is 18.1 Å². The van der Waals surface area contributed by atoms with Gasteiger partial charge < -0.3 is 19.9 Å². The van der Waals surface area contributed by atoms with Gasteiger partial charge in [0, 0.05) is 17.8 Å². The summed E-state index contributed by atoms with van der Waals surface area (Å²) in [5, 5.41) is 13.0. The molecule has 1 aromatic carbocycles. The van der Waals surface area contributed by atoms with Crippen LogP contribution in [-0.4, -0.2) is 41.7 Å². The fourth-order valence-electron chi connectivity index (χ4n) is 3.41. The Kier molecular flexibility index (Phi) is 8.41. The van der Waals surface area contributed by atoms with Crippen molar-refractivity contribution >= 4 is 11.9 Å². The lowest BCUT2D eigenvalue weighted by atomic mass is 10.1. The molecule has 0 amide bonds. The predicted octanol–water partition coefficient (Wildman–Crippen LogP) is 3.32. The van der Waals surface area contributed by atoms with Crippen LogP contribution in [0.4, 0.5) is 0 Å². The van der Waals surface area contributed by atoms with E-state index in [0.717, 1.165) is 42.7 Å². The van der Waals surface area contributed by atoms with Gasteiger partial charge in [0.25, 0.3) is 0 Å². The SMILES string of the molecule is CC(=O)/C=C/c1ccc(OCCCc2cncc(OCC3CCCN3)c2)c(CO)c1. The van der Waals surface area contributed by atoms with Crippen LogP contribution in [0.3, 0.4) is 0 Å². The van der Waals surface area contributed by atoms with Crippen molar-refractivity contribution in [3.63, 3.8) is 0 Å². The second-order valence-electron chi connectivity index (χ2n) is 7.55. The number of aromatic nitrogens is 1. The smallest absolute Gasteiger partial charge is 0.152 e. The van der Waals surface area contributed by atoms with Gasteiger partial charge in [-0.15, -0.1) is 0 Å². The van der Waals surface area contributed by atoms with E-state index in [1.165, 1.54) is 19.4 Å². The number of allylic oxidation sites excluding steroid dienone is 1. The molecule has 1 aliphatic heterocycles. The molecular formula is C24H30N2O4. The van der Waals surface area contributed by atoms with E-state index in [1.807, 2.05) is 30.5 Å². The number of aryl methyl sites for hydroxylation is 1. The molecule has 1 saturated heterocycles. The highest BCUT2D eigenvalue weighted by Gasteiger charge is 2.14. The molecule has 160 valence electrons. The Morgan fingerprint density at radius 3 is 2.97 bits per heavy atom. The summed E-state index contributed by atoms with van der Waals surface area (Å²) in [5.74, 6) is 1.45. The number of carbonyl (C=O) groups excluding carboxylic acids is 1. The molecule has 1 unspecified atom stereocenters. The maximum absolute atomic E-state index is 11.1. The standard InChI is InChI=1S/C24H30N2O4/c1-18(28)6-7-19-8-9-24(21(12-19)16-27)29-11-3-4-20-13-23(15-25-14-20)30-17-22-5-2-10-26-22/h6-9,12-15,22,26-27H,2-5,10-11,16-17H2,1H3/b7-6+. The first-order valence-corrected chi connectivity index (χ1v) is 10.5. The van der Waals surface area contributed by atoms with Crippen molar-refractivity contribution in [2.24, 2.45) is 0 Å². The van der Waals surface area contributed by atoms with Gasteiger partial charge >= 0.3 is 0 Å². The van der Waals surface area contributed by atoms with Crippen molar-refractivity contribution in [3.8, 4) is 11.5 Å². The molecular weight excluding hydrogens is 380 g/mol. The molecule has 0 radical (unpaired) electrons. The highest BCUT2D eigenvalue weighted by molar-refractivity contribution is 5.91. The van der Waals surface area contributed by atoms with Crippen LogP contribution >= 0.6 is 0 Å².